The molecule has 15 heavy (non-hydrogen) atoms. The van der Waals surface area contributed by atoms with E-state index in [1.807, 2.05) is 6.92 Å². The molecule has 0 radical (unpaired) electrons. The van der Waals surface area contributed by atoms with Crippen molar-refractivity contribution in [2.75, 3.05) is 0 Å². The Morgan fingerprint density at radius 1 is 1.67 bits per heavy atom. The van der Waals surface area contributed by atoms with Gasteiger partial charge in [0.1, 0.15) is 10.5 Å². The molecular weight excluding hydrogens is 214 g/mol. The summed E-state index contributed by atoms with van der Waals surface area (Å²) >= 11 is 5.12. The minimum absolute atomic E-state index is 0.160. The van der Waals surface area contributed by atoms with Gasteiger partial charge in [0.2, 0.25) is 0 Å². The number of aromatic nitrogens is 4. The molecule has 0 spiro atoms. The third-order valence-electron chi connectivity index (χ3n) is 1.79. The smallest absolute Gasteiger partial charge is 0.252 e. The Morgan fingerprint density at radius 3 is 3.20 bits per heavy atom. The van der Waals surface area contributed by atoms with Crippen LogP contribution in [-0.4, -0.2) is 19.6 Å². The molecule has 0 aliphatic carbocycles. The number of H-pyrrole nitrogens is 1. The molecule has 2 heterocycles. The van der Waals surface area contributed by atoms with Gasteiger partial charge in [-0.15, -0.1) is 0 Å². The van der Waals surface area contributed by atoms with Crippen molar-refractivity contribution in [1.29, 1.82) is 0 Å². The highest BCUT2D eigenvalue weighted by atomic mass is 32.1. The SMILES string of the molecule is Cc1cc(=S)n2[nH]c(CN=[N+]=[N-])nc2n1. The summed E-state index contributed by atoms with van der Waals surface area (Å²) in [5.41, 5.74) is 8.98. The van der Waals surface area contributed by atoms with Gasteiger partial charge in [-0.3, -0.25) is 5.10 Å². The topological polar surface area (TPSA) is 94.7 Å². The summed E-state index contributed by atoms with van der Waals surface area (Å²) in [5, 5.41) is 6.30. The third-order valence-corrected chi connectivity index (χ3v) is 2.09. The predicted octanol–water partition coefficient (Wildman–Crippen LogP) is 1.91. The number of aromatic amines is 1. The molecule has 2 rings (SSSR count). The standard InChI is InChI=1S/C7H7N7S/c1-4-2-6(15)14-7(10-4)11-5(12-14)3-9-13-8/h2H,3H2,1H3,(H,10,11,12). The molecule has 0 atom stereocenters. The van der Waals surface area contributed by atoms with Crippen molar-refractivity contribution in [2.45, 2.75) is 13.5 Å². The zero-order valence-corrected chi connectivity index (χ0v) is 8.69. The van der Waals surface area contributed by atoms with Crippen LogP contribution < -0.4 is 0 Å². The molecule has 0 aromatic carbocycles. The van der Waals surface area contributed by atoms with Crippen LogP contribution >= 0.6 is 12.2 Å². The lowest BCUT2D eigenvalue weighted by Gasteiger charge is -1.92. The van der Waals surface area contributed by atoms with Crippen LogP contribution in [0.15, 0.2) is 11.2 Å². The predicted molar refractivity (Wildman–Crippen MR) is 55.8 cm³/mol. The Bertz CT molecular complexity index is 603. The molecule has 0 fully saturated rings. The zero-order valence-electron chi connectivity index (χ0n) is 7.88. The van der Waals surface area contributed by atoms with Crippen molar-refractivity contribution >= 4 is 18.0 Å². The molecule has 2 aromatic rings. The number of fused-ring (bicyclic) bond motifs is 1. The number of hydrogen-bond acceptors (Lipinski definition) is 4. The highest BCUT2D eigenvalue weighted by Crippen LogP contribution is 2.03. The largest absolute Gasteiger partial charge is 0.277 e. The van der Waals surface area contributed by atoms with Crippen molar-refractivity contribution < 1.29 is 0 Å². The first kappa shape index (κ1) is 9.63. The maximum absolute atomic E-state index is 8.17. The van der Waals surface area contributed by atoms with Crippen LogP contribution in [0.2, 0.25) is 0 Å². The molecule has 0 saturated carbocycles. The van der Waals surface area contributed by atoms with Crippen molar-refractivity contribution in [3.63, 3.8) is 0 Å². The molecule has 7 nitrogen and oxygen atoms in total. The minimum atomic E-state index is 0.160. The molecule has 76 valence electrons. The number of aryl methyl sites for hydroxylation is 1. The van der Waals surface area contributed by atoms with Gasteiger partial charge in [0.15, 0.2) is 0 Å². The van der Waals surface area contributed by atoms with Gasteiger partial charge >= 0.3 is 0 Å². The van der Waals surface area contributed by atoms with Gasteiger partial charge in [-0.2, -0.15) is 4.98 Å². The summed E-state index contributed by atoms with van der Waals surface area (Å²) in [7, 11) is 0. The fourth-order valence-corrected chi connectivity index (χ4v) is 1.50. The summed E-state index contributed by atoms with van der Waals surface area (Å²) < 4.78 is 2.17. The number of azide groups is 1. The first-order valence-corrected chi connectivity index (χ1v) is 4.57. The molecule has 0 saturated heterocycles. The Kier molecular flexibility index (Phi) is 2.36. The fraction of sp³-hybridized carbons (Fsp3) is 0.286. The van der Waals surface area contributed by atoms with Crippen LogP contribution in [0.1, 0.15) is 11.5 Å². The molecule has 0 amide bonds. The molecular formula is C7H7N7S. The summed E-state index contributed by atoms with van der Waals surface area (Å²) in [4.78, 5) is 11.0. The van der Waals surface area contributed by atoms with Gasteiger partial charge in [0, 0.05) is 10.6 Å². The van der Waals surface area contributed by atoms with E-state index in [2.05, 4.69) is 25.1 Å². The number of nitrogens with zero attached hydrogens (tertiary/aromatic N) is 6. The molecule has 0 bridgehead atoms. The molecule has 0 aliphatic rings. The normalized spacial score (nSPS) is 10.2. The van der Waals surface area contributed by atoms with Gasteiger partial charge in [0.25, 0.3) is 5.78 Å². The Labute approximate surface area is 89.4 Å². The van der Waals surface area contributed by atoms with Crippen LogP contribution in [0.3, 0.4) is 0 Å². The second-order valence-corrected chi connectivity index (χ2v) is 3.35. The van der Waals surface area contributed by atoms with Crippen LogP contribution in [0.5, 0.6) is 0 Å². The lowest BCUT2D eigenvalue weighted by Crippen LogP contribution is -1.94. The lowest BCUT2D eigenvalue weighted by atomic mass is 10.5. The van der Waals surface area contributed by atoms with E-state index in [0.29, 0.717) is 16.2 Å². The first-order chi connectivity index (χ1) is 7.20. The second kappa shape index (κ2) is 3.68. The van der Waals surface area contributed by atoms with Crippen molar-refractivity contribution in [3.05, 3.63) is 32.7 Å². The molecule has 0 unspecified atom stereocenters. The van der Waals surface area contributed by atoms with E-state index in [1.165, 1.54) is 0 Å². The highest BCUT2D eigenvalue weighted by Gasteiger charge is 2.03. The molecule has 1 N–H and O–H groups in total. The highest BCUT2D eigenvalue weighted by molar-refractivity contribution is 7.71. The second-order valence-electron chi connectivity index (χ2n) is 2.93. The Hall–Kier alpha value is -1.92. The van der Waals surface area contributed by atoms with Crippen LogP contribution in [0.4, 0.5) is 0 Å². The molecule has 2 aromatic heterocycles. The maximum atomic E-state index is 8.17. The number of hydrogen-bond donors (Lipinski definition) is 1. The molecule has 0 aliphatic heterocycles. The van der Waals surface area contributed by atoms with E-state index in [4.69, 9.17) is 17.7 Å². The van der Waals surface area contributed by atoms with Crippen molar-refractivity contribution in [3.8, 4) is 0 Å². The average Bonchev–Trinajstić information content (AvgIpc) is 2.57. The first-order valence-electron chi connectivity index (χ1n) is 4.17. The maximum Gasteiger partial charge on any atom is 0.252 e. The van der Waals surface area contributed by atoms with E-state index >= 15 is 0 Å². The number of rotatable bonds is 2. The van der Waals surface area contributed by atoms with Crippen LogP contribution in [0.25, 0.3) is 16.2 Å². The Balaban J connectivity index is 2.60. The van der Waals surface area contributed by atoms with Crippen molar-refractivity contribution in [1.82, 2.24) is 19.6 Å². The van der Waals surface area contributed by atoms with E-state index in [-0.39, 0.29) is 6.54 Å². The van der Waals surface area contributed by atoms with Gasteiger partial charge in [-0.1, -0.05) is 17.3 Å². The number of nitrogens with one attached hydrogen (secondary N) is 1. The molecule has 8 heteroatoms. The Morgan fingerprint density at radius 2 is 2.47 bits per heavy atom. The van der Waals surface area contributed by atoms with Gasteiger partial charge < -0.3 is 0 Å². The van der Waals surface area contributed by atoms with E-state index in [0.717, 1.165) is 5.69 Å². The van der Waals surface area contributed by atoms with Gasteiger partial charge in [-0.05, 0) is 18.5 Å². The zero-order chi connectivity index (χ0) is 10.8. The summed E-state index contributed by atoms with van der Waals surface area (Å²) in [6, 6.07) is 1.76. The van der Waals surface area contributed by atoms with Crippen molar-refractivity contribution in [2.24, 2.45) is 5.11 Å². The van der Waals surface area contributed by atoms with E-state index in [9.17, 15) is 0 Å². The van der Waals surface area contributed by atoms with Gasteiger partial charge in [0.05, 0.1) is 6.54 Å². The van der Waals surface area contributed by atoms with Crippen LogP contribution in [-0.2, 0) is 6.54 Å². The minimum Gasteiger partial charge on any atom is -0.277 e. The van der Waals surface area contributed by atoms with E-state index < -0.39 is 0 Å². The van der Waals surface area contributed by atoms with E-state index in [1.54, 1.807) is 10.6 Å². The third kappa shape index (κ3) is 1.80. The summed E-state index contributed by atoms with van der Waals surface area (Å²) in [6.45, 7) is 2.01. The fourth-order valence-electron chi connectivity index (χ4n) is 1.21. The summed E-state index contributed by atoms with van der Waals surface area (Å²) in [6.07, 6.45) is 0. The summed E-state index contributed by atoms with van der Waals surface area (Å²) in [5.74, 6) is 1.03. The monoisotopic (exact) mass is 221 g/mol. The lowest BCUT2D eigenvalue weighted by molar-refractivity contribution is 0.850. The quantitative estimate of drug-likeness (QED) is 0.363. The average molecular weight is 221 g/mol. The van der Waals surface area contributed by atoms with Crippen LogP contribution in [0, 0.1) is 11.6 Å². The van der Waals surface area contributed by atoms with Gasteiger partial charge in [-0.25, -0.2) is 9.50 Å².